The third-order valence-corrected chi connectivity index (χ3v) is 4.96. The molecule has 0 saturated carbocycles. The molecule has 1 spiro atoms. The number of hydrogen-bond donors (Lipinski definition) is 0. The van der Waals surface area contributed by atoms with Crippen LogP contribution in [0.2, 0.25) is 0 Å². The first-order valence-electron chi connectivity index (χ1n) is 7.93. The number of hydrogen-bond acceptors (Lipinski definition) is 3. The number of nitrogens with zero attached hydrogens (tertiary/aromatic N) is 3. The zero-order chi connectivity index (χ0) is 15.3. The highest BCUT2D eigenvalue weighted by atomic mass is 16.5. The first-order chi connectivity index (χ1) is 10.6. The average Bonchev–Trinajstić information content (AvgIpc) is 3.19. The summed E-state index contributed by atoms with van der Waals surface area (Å²) >= 11 is 0. The fourth-order valence-electron chi connectivity index (χ4n) is 3.90. The Morgan fingerprint density at radius 3 is 3.00 bits per heavy atom. The minimum absolute atomic E-state index is 0.0248. The Balaban J connectivity index is 1.62. The summed E-state index contributed by atoms with van der Waals surface area (Å²) in [6.07, 6.45) is 1.99. The summed E-state index contributed by atoms with van der Waals surface area (Å²) in [6, 6.07) is 7.88. The van der Waals surface area contributed by atoms with Gasteiger partial charge in [0.25, 0.3) is 5.91 Å². The molecule has 0 bridgehead atoms. The van der Waals surface area contributed by atoms with E-state index in [2.05, 4.69) is 12.0 Å². The lowest BCUT2D eigenvalue weighted by Crippen LogP contribution is -2.36. The fourth-order valence-corrected chi connectivity index (χ4v) is 3.90. The zero-order valence-electron chi connectivity index (χ0n) is 13.1. The molecule has 5 nitrogen and oxygen atoms in total. The van der Waals surface area contributed by atoms with Gasteiger partial charge in [-0.3, -0.25) is 9.48 Å². The summed E-state index contributed by atoms with van der Waals surface area (Å²) in [5, 5.41) is 5.38. The number of carbonyl (C=O) groups is 1. The van der Waals surface area contributed by atoms with Gasteiger partial charge >= 0.3 is 0 Å². The molecule has 2 fully saturated rings. The van der Waals surface area contributed by atoms with Crippen molar-refractivity contribution in [3.63, 3.8) is 0 Å². The highest BCUT2D eigenvalue weighted by Crippen LogP contribution is 2.38. The highest BCUT2D eigenvalue weighted by Gasteiger charge is 2.46. The molecular formula is C17H21N3O2. The summed E-state index contributed by atoms with van der Waals surface area (Å²) in [5.41, 5.74) is 1.44. The second-order valence-electron chi connectivity index (χ2n) is 6.77. The molecule has 5 heteroatoms. The van der Waals surface area contributed by atoms with Crippen LogP contribution in [0.3, 0.4) is 0 Å². The Morgan fingerprint density at radius 2 is 2.23 bits per heavy atom. The van der Waals surface area contributed by atoms with Crippen LogP contribution in [-0.2, 0) is 11.8 Å². The van der Waals surface area contributed by atoms with Gasteiger partial charge in [0.15, 0.2) is 5.69 Å². The van der Waals surface area contributed by atoms with Crippen molar-refractivity contribution < 1.29 is 9.53 Å². The van der Waals surface area contributed by atoms with E-state index in [4.69, 9.17) is 4.74 Å². The maximum atomic E-state index is 12.9. The lowest BCUT2D eigenvalue weighted by molar-refractivity contribution is 0.0118. The molecule has 4 rings (SSSR count). The second kappa shape index (κ2) is 4.81. The van der Waals surface area contributed by atoms with Crippen LogP contribution in [0.25, 0.3) is 10.9 Å². The fraction of sp³-hybridized carbons (Fsp3) is 0.529. The van der Waals surface area contributed by atoms with Crippen molar-refractivity contribution in [1.29, 1.82) is 0 Å². The van der Waals surface area contributed by atoms with Crippen LogP contribution in [0.1, 0.15) is 30.3 Å². The summed E-state index contributed by atoms with van der Waals surface area (Å²) in [7, 11) is 1.88. The van der Waals surface area contributed by atoms with Crippen LogP contribution >= 0.6 is 0 Å². The molecule has 116 valence electrons. The van der Waals surface area contributed by atoms with Gasteiger partial charge in [0.2, 0.25) is 0 Å². The van der Waals surface area contributed by atoms with Crippen LogP contribution in [0, 0.1) is 5.92 Å². The van der Waals surface area contributed by atoms with Gasteiger partial charge in [0.05, 0.1) is 24.3 Å². The largest absolute Gasteiger partial charge is 0.373 e. The van der Waals surface area contributed by atoms with Crippen LogP contribution in [0.4, 0.5) is 0 Å². The molecule has 2 aliphatic heterocycles. The number of rotatable bonds is 1. The maximum Gasteiger partial charge on any atom is 0.275 e. The monoisotopic (exact) mass is 299 g/mol. The molecule has 0 radical (unpaired) electrons. The molecule has 3 heterocycles. The predicted octanol–water partition coefficient (Wildman–Crippen LogP) is 2.21. The van der Waals surface area contributed by atoms with Crippen LogP contribution in [0.5, 0.6) is 0 Å². The van der Waals surface area contributed by atoms with Crippen LogP contribution < -0.4 is 0 Å². The molecular weight excluding hydrogens is 278 g/mol. The minimum Gasteiger partial charge on any atom is -0.373 e. The van der Waals surface area contributed by atoms with Crippen molar-refractivity contribution in [2.45, 2.75) is 25.4 Å². The quantitative estimate of drug-likeness (QED) is 0.811. The standard InChI is InChI=1S/C17H21N3O2/c1-12-9-17(22-10-12)7-8-20(11-17)16(21)15-13-5-3-4-6-14(13)19(2)18-15/h3-6,12H,7-11H2,1-2H3/t12-,17-/m1/s1. The Labute approximate surface area is 129 Å². The summed E-state index contributed by atoms with van der Waals surface area (Å²) in [6.45, 7) is 4.48. The molecule has 0 aliphatic carbocycles. The first kappa shape index (κ1) is 13.8. The van der Waals surface area contributed by atoms with Crippen LogP contribution in [0.15, 0.2) is 24.3 Å². The average molecular weight is 299 g/mol. The summed E-state index contributed by atoms with van der Waals surface area (Å²) in [5.74, 6) is 0.613. The van der Waals surface area contributed by atoms with Gasteiger partial charge in [0.1, 0.15) is 0 Å². The molecule has 2 atom stereocenters. The molecule has 2 aliphatic rings. The van der Waals surface area contributed by atoms with Crippen molar-refractivity contribution in [1.82, 2.24) is 14.7 Å². The molecule has 2 saturated heterocycles. The number of fused-ring (bicyclic) bond motifs is 1. The summed E-state index contributed by atoms with van der Waals surface area (Å²) in [4.78, 5) is 14.8. The third-order valence-electron chi connectivity index (χ3n) is 4.96. The van der Waals surface area contributed by atoms with Gasteiger partial charge in [-0.1, -0.05) is 25.1 Å². The van der Waals surface area contributed by atoms with Gasteiger partial charge < -0.3 is 9.64 Å². The van der Waals surface area contributed by atoms with Gasteiger partial charge in [-0.25, -0.2) is 0 Å². The van der Waals surface area contributed by atoms with E-state index >= 15 is 0 Å². The SMILES string of the molecule is C[C@H]1CO[C@]2(CCN(C(=O)c3nn(C)c4ccccc34)C2)C1. The Kier molecular flexibility index (Phi) is 3.01. The van der Waals surface area contributed by atoms with Crippen molar-refractivity contribution in [2.75, 3.05) is 19.7 Å². The topological polar surface area (TPSA) is 47.4 Å². The number of amides is 1. The van der Waals surface area contributed by atoms with Crippen molar-refractivity contribution in [2.24, 2.45) is 13.0 Å². The van der Waals surface area contributed by atoms with E-state index < -0.39 is 0 Å². The molecule has 0 unspecified atom stereocenters. The Morgan fingerprint density at radius 1 is 1.41 bits per heavy atom. The predicted molar refractivity (Wildman–Crippen MR) is 83.7 cm³/mol. The zero-order valence-corrected chi connectivity index (χ0v) is 13.1. The van der Waals surface area contributed by atoms with E-state index in [1.807, 2.05) is 36.2 Å². The number of para-hydroxylation sites is 1. The molecule has 22 heavy (non-hydrogen) atoms. The van der Waals surface area contributed by atoms with E-state index in [9.17, 15) is 4.79 Å². The first-order valence-corrected chi connectivity index (χ1v) is 7.93. The van der Waals surface area contributed by atoms with E-state index in [1.54, 1.807) is 4.68 Å². The minimum atomic E-state index is -0.111. The van der Waals surface area contributed by atoms with Gasteiger partial charge in [-0.2, -0.15) is 5.10 Å². The molecule has 1 aromatic carbocycles. The molecule has 1 aromatic heterocycles. The number of likely N-dealkylation sites (tertiary alicyclic amines) is 1. The number of aryl methyl sites for hydroxylation is 1. The van der Waals surface area contributed by atoms with Gasteiger partial charge in [-0.15, -0.1) is 0 Å². The maximum absolute atomic E-state index is 12.9. The van der Waals surface area contributed by atoms with Gasteiger partial charge in [-0.05, 0) is 24.8 Å². The van der Waals surface area contributed by atoms with E-state index in [0.29, 0.717) is 18.2 Å². The Bertz CT molecular complexity index is 739. The van der Waals surface area contributed by atoms with Crippen LogP contribution in [-0.4, -0.2) is 45.9 Å². The number of ether oxygens (including phenoxy) is 1. The van der Waals surface area contributed by atoms with E-state index in [1.165, 1.54) is 0 Å². The van der Waals surface area contributed by atoms with Crippen molar-refractivity contribution >= 4 is 16.8 Å². The lowest BCUT2D eigenvalue weighted by Gasteiger charge is -2.23. The number of aromatic nitrogens is 2. The number of carbonyl (C=O) groups excluding carboxylic acids is 1. The molecule has 1 amide bonds. The van der Waals surface area contributed by atoms with Crippen molar-refractivity contribution in [3.8, 4) is 0 Å². The second-order valence-corrected chi connectivity index (χ2v) is 6.77. The van der Waals surface area contributed by atoms with E-state index in [-0.39, 0.29) is 11.5 Å². The normalized spacial score (nSPS) is 28.1. The smallest absolute Gasteiger partial charge is 0.275 e. The lowest BCUT2D eigenvalue weighted by atomic mass is 9.94. The molecule has 0 N–H and O–H groups in total. The van der Waals surface area contributed by atoms with Gasteiger partial charge in [0, 0.05) is 19.0 Å². The van der Waals surface area contributed by atoms with Crippen molar-refractivity contribution in [3.05, 3.63) is 30.0 Å². The highest BCUT2D eigenvalue weighted by molar-refractivity contribution is 6.05. The summed E-state index contributed by atoms with van der Waals surface area (Å²) < 4.78 is 7.78. The molecule has 2 aromatic rings. The Hall–Kier alpha value is -1.88. The van der Waals surface area contributed by atoms with E-state index in [0.717, 1.165) is 36.9 Å². The number of benzene rings is 1. The third kappa shape index (κ3) is 2.03.